The van der Waals surface area contributed by atoms with Crippen LogP contribution in [0.1, 0.15) is 33.6 Å². The molecule has 104 valence electrons. The van der Waals surface area contributed by atoms with Crippen LogP contribution in [0.3, 0.4) is 0 Å². The molecule has 0 bridgehead atoms. The molecule has 0 aliphatic heterocycles. The fraction of sp³-hybridized carbons (Fsp3) is 0.786. The summed E-state index contributed by atoms with van der Waals surface area (Å²) in [5.41, 5.74) is 0. The van der Waals surface area contributed by atoms with E-state index in [9.17, 15) is 0 Å². The fourth-order valence-electron chi connectivity index (χ4n) is 2.09. The van der Waals surface area contributed by atoms with E-state index in [1.807, 2.05) is 0 Å². The molecule has 4 nitrogen and oxygen atoms in total. The van der Waals surface area contributed by atoms with Gasteiger partial charge in [0.25, 0.3) is 0 Å². The van der Waals surface area contributed by atoms with Crippen molar-refractivity contribution in [2.75, 3.05) is 32.7 Å². The van der Waals surface area contributed by atoms with E-state index in [2.05, 4.69) is 53.4 Å². The van der Waals surface area contributed by atoms with Crippen LogP contribution in [0.4, 0.5) is 0 Å². The Morgan fingerprint density at radius 2 is 1.89 bits per heavy atom. The van der Waals surface area contributed by atoms with E-state index >= 15 is 0 Å². The number of nitrogens with one attached hydrogen (secondary N) is 2. The molecular formula is C14H28N4. The Morgan fingerprint density at radius 1 is 1.22 bits per heavy atom. The van der Waals surface area contributed by atoms with Crippen molar-refractivity contribution in [1.82, 2.24) is 15.5 Å². The summed E-state index contributed by atoms with van der Waals surface area (Å²) in [6, 6.07) is 0.524. The molecule has 0 radical (unpaired) electrons. The molecule has 0 amide bonds. The van der Waals surface area contributed by atoms with Gasteiger partial charge in [-0.05, 0) is 32.9 Å². The largest absolute Gasteiger partial charge is 0.357 e. The van der Waals surface area contributed by atoms with Crippen LogP contribution in [-0.2, 0) is 0 Å². The third kappa shape index (κ3) is 5.54. The molecule has 4 heteroatoms. The van der Waals surface area contributed by atoms with Gasteiger partial charge in [0.05, 0.1) is 6.54 Å². The maximum atomic E-state index is 4.64. The van der Waals surface area contributed by atoms with Crippen LogP contribution in [0, 0.1) is 0 Å². The highest BCUT2D eigenvalue weighted by atomic mass is 15.2. The summed E-state index contributed by atoms with van der Waals surface area (Å²) in [7, 11) is 0. The molecule has 18 heavy (non-hydrogen) atoms. The Morgan fingerprint density at radius 3 is 2.44 bits per heavy atom. The number of likely N-dealkylation sites (N-methyl/N-ethyl adjacent to an activating group) is 1. The van der Waals surface area contributed by atoms with Gasteiger partial charge in [-0.1, -0.05) is 26.0 Å². The van der Waals surface area contributed by atoms with Crippen molar-refractivity contribution in [2.24, 2.45) is 4.99 Å². The fourth-order valence-corrected chi connectivity index (χ4v) is 2.09. The third-order valence-corrected chi connectivity index (χ3v) is 3.27. The van der Waals surface area contributed by atoms with Crippen LogP contribution in [0.2, 0.25) is 0 Å². The molecule has 0 aromatic heterocycles. The van der Waals surface area contributed by atoms with E-state index in [0.717, 1.165) is 51.5 Å². The highest BCUT2D eigenvalue weighted by Crippen LogP contribution is 2.08. The SMILES string of the molecule is CCNC(=NCCN(CC)CC)NC1CC=CC1. The van der Waals surface area contributed by atoms with Gasteiger partial charge in [-0.2, -0.15) is 0 Å². The van der Waals surface area contributed by atoms with Crippen molar-refractivity contribution in [2.45, 2.75) is 39.7 Å². The molecule has 0 saturated carbocycles. The van der Waals surface area contributed by atoms with Gasteiger partial charge >= 0.3 is 0 Å². The van der Waals surface area contributed by atoms with Gasteiger partial charge in [-0.25, -0.2) is 0 Å². The summed E-state index contributed by atoms with van der Waals surface area (Å²) in [5.74, 6) is 0.957. The predicted octanol–water partition coefficient (Wildman–Crippen LogP) is 1.60. The highest BCUT2D eigenvalue weighted by Gasteiger charge is 2.11. The van der Waals surface area contributed by atoms with Gasteiger partial charge in [0, 0.05) is 19.1 Å². The molecule has 0 saturated heterocycles. The molecule has 2 N–H and O–H groups in total. The lowest BCUT2D eigenvalue weighted by Crippen LogP contribution is -2.43. The van der Waals surface area contributed by atoms with Crippen molar-refractivity contribution in [3.63, 3.8) is 0 Å². The first kappa shape index (κ1) is 15.0. The molecule has 1 rings (SSSR count). The van der Waals surface area contributed by atoms with Crippen molar-refractivity contribution >= 4 is 5.96 Å². The molecule has 0 aromatic carbocycles. The minimum absolute atomic E-state index is 0.524. The molecule has 0 heterocycles. The minimum atomic E-state index is 0.524. The number of guanidine groups is 1. The van der Waals surface area contributed by atoms with Gasteiger partial charge < -0.3 is 15.5 Å². The molecular weight excluding hydrogens is 224 g/mol. The number of aliphatic imine (C=N–C) groups is 1. The number of rotatable bonds is 7. The van der Waals surface area contributed by atoms with E-state index in [1.165, 1.54) is 0 Å². The Kier molecular flexibility index (Phi) is 7.49. The Labute approximate surface area is 112 Å². The molecule has 1 aliphatic rings. The first-order chi connectivity index (χ1) is 8.80. The second-order valence-electron chi connectivity index (χ2n) is 4.57. The molecule has 0 atom stereocenters. The van der Waals surface area contributed by atoms with Crippen molar-refractivity contribution in [3.8, 4) is 0 Å². The zero-order chi connectivity index (χ0) is 13.2. The highest BCUT2D eigenvalue weighted by molar-refractivity contribution is 5.80. The van der Waals surface area contributed by atoms with Crippen molar-refractivity contribution < 1.29 is 0 Å². The van der Waals surface area contributed by atoms with Crippen LogP contribution in [0.25, 0.3) is 0 Å². The summed E-state index contributed by atoms with van der Waals surface area (Å²) in [4.78, 5) is 7.03. The van der Waals surface area contributed by atoms with Gasteiger partial charge in [0.15, 0.2) is 5.96 Å². The van der Waals surface area contributed by atoms with E-state index < -0.39 is 0 Å². The third-order valence-electron chi connectivity index (χ3n) is 3.27. The lowest BCUT2D eigenvalue weighted by atomic mass is 10.2. The maximum Gasteiger partial charge on any atom is 0.191 e. The summed E-state index contributed by atoms with van der Waals surface area (Å²) in [6.07, 6.45) is 6.69. The first-order valence-electron chi connectivity index (χ1n) is 7.22. The Balaban J connectivity index is 2.34. The van der Waals surface area contributed by atoms with Crippen LogP contribution in [0.15, 0.2) is 17.1 Å². The Bertz CT molecular complexity index is 261. The molecule has 0 unspecified atom stereocenters. The van der Waals surface area contributed by atoms with E-state index in [0.29, 0.717) is 6.04 Å². The van der Waals surface area contributed by atoms with Crippen LogP contribution in [-0.4, -0.2) is 49.6 Å². The smallest absolute Gasteiger partial charge is 0.191 e. The van der Waals surface area contributed by atoms with Gasteiger partial charge in [-0.15, -0.1) is 0 Å². The summed E-state index contributed by atoms with van der Waals surface area (Å²) >= 11 is 0. The van der Waals surface area contributed by atoms with Gasteiger partial charge in [0.1, 0.15) is 0 Å². The molecule has 0 aromatic rings. The average Bonchev–Trinajstić information content (AvgIpc) is 2.87. The van der Waals surface area contributed by atoms with E-state index in [4.69, 9.17) is 0 Å². The standard InChI is InChI=1S/C14H28N4/c1-4-15-14(17-13-9-7-8-10-13)16-11-12-18(5-2)6-3/h7-8,13H,4-6,9-12H2,1-3H3,(H2,15,16,17). The number of nitrogens with zero attached hydrogens (tertiary/aromatic N) is 2. The summed E-state index contributed by atoms with van der Waals surface area (Å²) < 4.78 is 0. The zero-order valence-electron chi connectivity index (χ0n) is 12.1. The molecule has 1 aliphatic carbocycles. The second-order valence-corrected chi connectivity index (χ2v) is 4.57. The van der Waals surface area contributed by atoms with Crippen LogP contribution >= 0.6 is 0 Å². The van der Waals surface area contributed by atoms with Gasteiger partial charge in [0.2, 0.25) is 0 Å². The minimum Gasteiger partial charge on any atom is -0.357 e. The molecule has 0 fully saturated rings. The quantitative estimate of drug-likeness (QED) is 0.411. The summed E-state index contributed by atoms with van der Waals surface area (Å²) in [6.45, 7) is 11.5. The predicted molar refractivity (Wildman–Crippen MR) is 79.1 cm³/mol. The lowest BCUT2D eigenvalue weighted by Gasteiger charge is -2.19. The zero-order valence-corrected chi connectivity index (χ0v) is 12.1. The number of hydrogen-bond donors (Lipinski definition) is 2. The monoisotopic (exact) mass is 252 g/mol. The Hall–Kier alpha value is -1.03. The van der Waals surface area contributed by atoms with Gasteiger partial charge in [-0.3, -0.25) is 4.99 Å². The van der Waals surface area contributed by atoms with Crippen molar-refractivity contribution in [1.29, 1.82) is 0 Å². The number of hydrogen-bond acceptors (Lipinski definition) is 2. The lowest BCUT2D eigenvalue weighted by molar-refractivity contribution is 0.313. The van der Waals surface area contributed by atoms with Crippen molar-refractivity contribution in [3.05, 3.63) is 12.2 Å². The molecule has 0 spiro atoms. The van der Waals surface area contributed by atoms with E-state index in [1.54, 1.807) is 0 Å². The normalized spacial score (nSPS) is 16.6. The van der Waals surface area contributed by atoms with Crippen LogP contribution < -0.4 is 10.6 Å². The summed E-state index contributed by atoms with van der Waals surface area (Å²) in [5, 5.41) is 6.80. The topological polar surface area (TPSA) is 39.7 Å². The average molecular weight is 252 g/mol. The first-order valence-corrected chi connectivity index (χ1v) is 7.22. The van der Waals surface area contributed by atoms with E-state index in [-0.39, 0.29) is 0 Å². The maximum absolute atomic E-state index is 4.64. The van der Waals surface area contributed by atoms with Crippen LogP contribution in [0.5, 0.6) is 0 Å². The second kappa shape index (κ2) is 8.97.